The molecular weight excluding hydrogens is 290 g/mol. The van der Waals surface area contributed by atoms with E-state index in [-0.39, 0.29) is 0 Å². The molecule has 122 valence electrons. The van der Waals surface area contributed by atoms with Crippen LogP contribution in [-0.4, -0.2) is 49.9 Å². The van der Waals surface area contributed by atoms with Crippen LogP contribution in [0.25, 0.3) is 0 Å². The van der Waals surface area contributed by atoms with Crippen molar-refractivity contribution in [2.24, 2.45) is 5.92 Å². The van der Waals surface area contributed by atoms with E-state index in [2.05, 4.69) is 38.9 Å². The van der Waals surface area contributed by atoms with Gasteiger partial charge in [0.25, 0.3) is 10.1 Å². The molecule has 2 atom stereocenters. The first-order chi connectivity index (χ1) is 9.54. The van der Waals surface area contributed by atoms with Gasteiger partial charge >= 0.3 is 0 Å². The first kappa shape index (κ1) is 19.9. The van der Waals surface area contributed by atoms with E-state index in [9.17, 15) is 13.5 Å². The zero-order chi connectivity index (χ0) is 16.6. The van der Waals surface area contributed by atoms with Gasteiger partial charge in [0.05, 0.1) is 6.26 Å². The third-order valence-corrected chi connectivity index (χ3v) is 3.08. The standard InChI is InChI=1S/C14H23NO.CH4O3S/c1-5-14(11(2)10-15(3)4)12-7-6-8-13(16)9-12;1-5(2,3)4/h6-9,11,14,16H,5,10H2,1-4H3;1H3,(H,2,3,4)/t11-,14+;/m0./s1. The molecule has 0 saturated carbocycles. The summed E-state index contributed by atoms with van der Waals surface area (Å²) < 4.78 is 25.9. The van der Waals surface area contributed by atoms with E-state index >= 15 is 0 Å². The van der Waals surface area contributed by atoms with E-state index in [4.69, 9.17) is 4.55 Å². The highest BCUT2D eigenvalue weighted by Gasteiger charge is 2.18. The van der Waals surface area contributed by atoms with Crippen molar-refractivity contribution < 1.29 is 18.1 Å². The minimum Gasteiger partial charge on any atom is -0.508 e. The van der Waals surface area contributed by atoms with Crippen molar-refractivity contribution in [2.75, 3.05) is 26.9 Å². The summed E-state index contributed by atoms with van der Waals surface area (Å²) in [6.07, 6.45) is 1.82. The van der Waals surface area contributed by atoms with Crippen LogP contribution in [0.1, 0.15) is 31.7 Å². The molecule has 5 nitrogen and oxygen atoms in total. The van der Waals surface area contributed by atoms with Crippen LogP contribution < -0.4 is 0 Å². The Bertz CT molecular complexity index is 506. The Kier molecular flexibility index (Phi) is 8.54. The van der Waals surface area contributed by atoms with Gasteiger partial charge in [-0.25, -0.2) is 0 Å². The quantitative estimate of drug-likeness (QED) is 0.816. The second-order valence-electron chi connectivity index (χ2n) is 5.58. The Morgan fingerprint density at radius 1 is 1.29 bits per heavy atom. The predicted octanol–water partition coefficient (Wildman–Crippen LogP) is 2.59. The predicted molar refractivity (Wildman–Crippen MR) is 86.3 cm³/mol. The molecule has 2 N–H and O–H groups in total. The summed E-state index contributed by atoms with van der Waals surface area (Å²) in [5.74, 6) is 1.49. The third-order valence-electron chi connectivity index (χ3n) is 3.08. The zero-order valence-electron chi connectivity index (χ0n) is 13.4. The highest BCUT2D eigenvalue weighted by atomic mass is 32.2. The Hall–Kier alpha value is -1.11. The van der Waals surface area contributed by atoms with Gasteiger partial charge in [-0.05, 0) is 50.0 Å². The number of nitrogens with zero attached hydrogens (tertiary/aromatic N) is 1. The molecule has 6 heteroatoms. The van der Waals surface area contributed by atoms with Gasteiger partial charge < -0.3 is 10.0 Å². The summed E-state index contributed by atoms with van der Waals surface area (Å²) in [7, 11) is 0.539. The maximum atomic E-state index is 9.51. The second kappa shape index (κ2) is 9.02. The summed E-state index contributed by atoms with van der Waals surface area (Å²) in [5, 5.41) is 9.51. The largest absolute Gasteiger partial charge is 0.508 e. The summed E-state index contributed by atoms with van der Waals surface area (Å²) in [6.45, 7) is 5.56. The van der Waals surface area contributed by atoms with E-state index < -0.39 is 10.1 Å². The molecule has 0 bridgehead atoms. The van der Waals surface area contributed by atoms with Crippen molar-refractivity contribution >= 4 is 10.1 Å². The van der Waals surface area contributed by atoms with Crippen molar-refractivity contribution in [3.05, 3.63) is 29.8 Å². The fraction of sp³-hybridized carbons (Fsp3) is 0.600. The van der Waals surface area contributed by atoms with E-state index in [0.29, 0.717) is 23.8 Å². The van der Waals surface area contributed by atoms with Gasteiger partial charge in [0.1, 0.15) is 5.75 Å². The molecule has 0 fully saturated rings. The fourth-order valence-corrected chi connectivity index (χ4v) is 2.43. The highest BCUT2D eigenvalue weighted by Crippen LogP contribution is 2.30. The first-order valence-electron chi connectivity index (χ1n) is 6.90. The number of hydrogen-bond donors (Lipinski definition) is 2. The summed E-state index contributed by atoms with van der Waals surface area (Å²) in [6, 6.07) is 7.66. The normalized spacial score (nSPS) is 14.2. The van der Waals surface area contributed by atoms with Crippen molar-refractivity contribution in [2.45, 2.75) is 26.2 Å². The number of hydrogen-bond acceptors (Lipinski definition) is 4. The van der Waals surface area contributed by atoms with Crippen LogP contribution >= 0.6 is 0 Å². The van der Waals surface area contributed by atoms with Crippen molar-refractivity contribution in [1.82, 2.24) is 4.90 Å². The lowest BCUT2D eigenvalue weighted by Gasteiger charge is -2.26. The number of aromatic hydroxyl groups is 1. The number of phenolic OH excluding ortho intramolecular Hbond substituents is 1. The van der Waals surface area contributed by atoms with E-state index in [0.717, 1.165) is 13.0 Å². The molecule has 1 aromatic carbocycles. The van der Waals surface area contributed by atoms with Crippen LogP contribution in [0.4, 0.5) is 0 Å². The molecule has 0 radical (unpaired) electrons. The van der Waals surface area contributed by atoms with Gasteiger partial charge in [0.2, 0.25) is 0 Å². The van der Waals surface area contributed by atoms with Crippen LogP contribution in [-0.2, 0) is 10.1 Å². The van der Waals surface area contributed by atoms with Crippen molar-refractivity contribution in [3.8, 4) is 5.75 Å². The maximum absolute atomic E-state index is 9.51. The molecule has 0 heterocycles. The van der Waals surface area contributed by atoms with Crippen LogP contribution in [0, 0.1) is 5.92 Å². The smallest absolute Gasteiger partial charge is 0.261 e. The molecule has 0 spiro atoms. The van der Waals surface area contributed by atoms with Gasteiger partial charge in [-0.2, -0.15) is 8.42 Å². The molecule has 0 amide bonds. The molecule has 1 aromatic rings. The first-order valence-corrected chi connectivity index (χ1v) is 8.75. The topological polar surface area (TPSA) is 77.8 Å². The zero-order valence-corrected chi connectivity index (χ0v) is 14.3. The van der Waals surface area contributed by atoms with Gasteiger partial charge in [0, 0.05) is 6.54 Å². The summed E-state index contributed by atoms with van der Waals surface area (Å²) in [5.41, 5.74) is 1.25. The van der Waals surface area contributed by atoms with E-state index in [1.165, 1.54) is 5.56 Å². The maximum Gasteiger partial charge on any atom is 0.261 e. The Balaban J connectivity index is 0.000000690. The van der Waals surface area contributed by atoms with Crippen molar-refractivity contribution in [1.29, 1.82) is 0 Å². The minimum atomic E-state index is -3.67. The van der Waals surface area contributed by atoms with Gasteiger partial charge in [0.15, 0.2) is 0 Å². The van der Waals surface area contributed by atoms with Gasteiger partial charge in [-0.15, -0.1) is 0 Å². The summed E-state index contributed by atoms with van der Waals surface area (Å²) in [4.78, 5) is 2.22. The molecule has 1 rings (SSSR count). The molecule has 0 aliphatic carbocycles. The Labute approximate surface area is 128 Å². The van der Waals surface area contributed by atoms with E-state index in [1.54, 1.807) is 6.07 Å². The van der Waals surface area contributed by atoms with Crippen molar-refractivity contribution in [3.63, 3.8) is 0 Å². The minimum absolute atomic E-state index is 0.369. The number of benzene rings is 1. The monoisotopic (exact) mass is 317 g/mol. The fourth-order valence-electron chi connectivity index (χ4n) is 2.43. The molecule has 0 aliphatic heterocycles. The van der Waals surface area contributed by atoms with Crippen LogP contribution in [0.15, 0.2) is 24.3 Å². The molecule has 0 unspecified atom stereocenters. The third kappa shape index (κ3) is 10.3. The second-order valence-corrected chi connectivity index (χ2v) is 7.05. The highest BCUT2D eigenvalue weighted by molar-refractivity contribution is 7.85. The van der Waals surface area contributed by atoms with Crippen LogP contribution in [0.2, 0.25) is 0 Å². The summed E-state index contributed by atoms with van der Waals surface area (Å²) >= 11 is 0. The SMILES string of the molecule is CC[C@@H](c1cccc(O)c1)[C@@H](C)CN(C)C.CS(=O)(=O)O. The molecule has 0 aliphatic rings. The van der Waals surface area contributed by atoms with Gasteiger partial charge in [-0.1, -0.05) is 26.0 Å². The average Bonchev–Trinajstić information content (AvgIpc) is 2.26. The van der Waals surface area contributed by atoms with Gasteiger partial charge in [-0.3, -0.25) is 4.55 Å². The Morgan fingerprint density at radius 3 is 2.19 bits per heavy atom. The van der Waals surface area contributed by atoms with Crippen LogP contribution in [0.3, 0.4) is 0 Å². The molecular formula is C15H27NO4S. The average molecular weight is 317 g/mol. The Morgan fingerprint density at radius 2 is 1.81 bits per heavy atom. The molecule has 0 saturated heterocycles. The van der Waals surface area contributed by atoms with Crippen LogP contribution in [0.5, 0.6) is 5.75 Å². The van der Waals surface area contributed by atoms with E-state index in [1.807, 2.05) is 12.1 Å². The lowest BCUT2D eigenvalue weighted by atomic mass is 9.85. The lowest BCUT2D eigenvalue weighted by Crippen LogP contribution is -2.24. The number of rotatable bonds is 5. The molecule has 21 heavy (non-hydrogen) atoms. The number of phenols is 1. The lowest BCUT2D eigenvalue weighted by molar-refractivity contribution is 0.301. The molecule has 0 aromatic heterocycles.